The van der Waals surface area contributed by atoms with E-state index in [0.29, 0.717) is 5.69 Å². The normalized spacial score (nSPS) is 11.1. The van der Waals surface area contributed by atoms with Crippen LogP contribution < -0.4 is 5.73 Å². The molecule has 0 saturated carbocycles. The lowest BCUT2D eigenvalue weighted by Gasteiger charge is -2.01. The van der Waals surface area contributed by atoms with Crippen LogP contribution in [0.2, 0.25) is 0 Å². The van der Waals surface area contributed by atoms with Crippen molar-refractivity contribution in [3.8, 4) is 20.9 Å². The van der Waals surface area contributed by atoms with Crippen LogP contribution in [0.15, 0.2) is 61.1 Å². The van der Waals surface area contributed by atoms with Gasteiger partial charge in [0.05, 0.1) is 5.69 Å². The van der Waals surface area contributed by atoms with Crippen LogP contribution in [0.25, 0.3) is 31.8 Å². The Kier molecular flexibility index (Phi) is 2.98. The molecule has 0 saturated heterocycles. The largest absolute Gasteiger partial charge is 0.397 e. The summed E-state index contributed by atoms with van der Waals surface area (Å²) in [6, 6.07) is 15.0. The second-order valence-electron chi connectivity index (χ2n) is 5.37. The molecular formula is C18H15N3S. The lowest BCUT2D eigenvalue weighted by atomic mass is 10.1. The van der Waals surface area contributed by atoms with Crippen molar-refractivity contribution >= 4 is 27.9 Å². The summed E-state index contributed by atoms with van der Waals surface area (Å²) >= 11 is 1.76. The molecule has 108 valence electrons. The van der Waals surface area contributed by atoms with Crippen LogP contribution in [0.1, 0.15) is 0 Å². The van der Waals surface area contributed by atoms with Crippen LogP contribution in [0, 0.1) is 0 Å². The number of nitrogen functional groups attached to an aromatic ring is 1. The van der Waals surface area contributed by atoms with Crippen molar-refractivity contribution < 1.29 is 0 Å². The SMILES string of the molecule is Cn1ccc2cc(-c3ccc(-c4cncc(N)c4)s3)ccc21. The third-order valence-electron chi connectivity index (χ3n) is 3.82. The van der Waals surface area contributed by atoms with E-state index in [2.05, 4.69) is 59.2 Å². The molecule has 4 aromatic rings. The van der Waals surface area contributed by atoms with Crippen LogP contribution in [-0.2, 0) is 7.05 Å². The average Bonchev–Trinajstić information content (AvgIpc) is 3.15. The second-order valence-corrected chi connectivity index (χ2v) is 6.45. The van der Waals surface area contributed by atoms with Gasteiger partial charge in [0, 0.05) is 51.9 Å². The number of thiophene rings is 1. The molecule has 0 amide bonds. The monoisotopic (exact) mass is 305 g/mol. The molecule has 0 unspecified atom stereocenters. The van der Waals surface area contributed by atoms with Crippen LogP contribution in [0.4, 0.5) is 5.69 Å². The fraction of sp³-hybridized carbons (Fsp3) is 0.0556. The van der Waals surface area contributed by atoms with E-state index in [0.717, 1.165) is 5.56 Å². The number of hydrogen-bond acceptors (Lipinski definition) is 3. The minimum absolute atomic E-state index is 0.693. The summed E-state index contributed by atoms with van der Waals surface area (Å²) in [5.41, 5.74) is 10.1. The first-order valence-corrected chi connectivity index (χ1v) is 7.88. The lowest BCUT2D eigenvalue weighted by Crippen LogP contribution is -1.85. The molecule has 4 heteroatoms. The molecule has 0 aliphatic carbocycles. The molecule has 0 radical (unpaired) electrons. The fourth-order valence-electron chi connectivity index (χ4n) is 2.68. The number of nitrogens with zero attached hydrogens (tertiary/aromatic N) is 2. The molecule has 4 rings (SSSR count). The summed E-state index contributed by atoms with van der Waals surface area (Å²) in [6.07, 6.45) is 5.61. The van der Waals surface area contributed by atoms with E-state index < -0.39 is 0 Å². The van der Waals surface area contributed by atoms with Gasteiger partial charge in [0.2, 0.25) is 0 Å². The van der Waals surface area contributed by atoms with Crippen molar-refractivity contribution in [3.63, 3.8) is 0 Å². The summed E-state index contributed by atoms with van der Waals surface area (Å²) in [5.74, 6) is 0. The average molecular weight is 305 g/mol. The van der Waals surface area contributed by atoms with Crippen molar-refractivity contribution in [2.24, 2.45) is 7.05 Å². The molecule has 22 heavy (non-hydrogen) atoms. The molecule has 0 bridgehead atoms. The predicted molar refractivity (Wildman–Crippen MR) is 93.9 cm³/mol. The van der Waals surface area contributed by atoms with Gasteiger partial charge in [0.25, 0.3) is 0 Å². The minimum atomic E-state index is 0.693. The first-order valence-electron chi connectivity index (χ1n) is 7.07. The van der Waals surface area contributed by atoms with Crippen LogP contribution >= 0.6 is 11.3 Å². The number of fused-ring (bicyclic) bond motifs is 1. The highest BCUT2D eigenvalue weighted by Gasteiger charge is 2.07. The molecule has 3 nitrogen and oxygen atoms in total. The van der Waals surface area contributed by atoms with Gasteiger partial charge in [0.15, 0.2) is 0 Å². The fourth-order valence-corrected chi connectivity index (χ4v) is 3.66. The van der Waals surface area contributed by atoms with Crippen molar-refractivity contribution in [3.05, 3.63) is 61.1 Å². The topological polar surface area (TPSA) is 43.8 Å². The first-order chi connectivity index (χ1) is 10.7. The Morgan fingerprint density at radius 2 is 1.77 bits per heavy atom. The van der Waals surface area contributed by atoms with Gasteiger partial charge in [-0.3, -0.25) is 4.98 Å². The first kappa shape index (κ1) is 13.1. The summed E-state index contributed by atoms with van der Waals surface area (Å²) < 4.78 is 2.14. The molecule has 3 heterocycles. The predicted octanol–water partition coefficient (Wildman–Crippen LogP) is 4.55. The quantitative estimate of drug-likeness (QED) is 0.590. The molecule has 1 aromatic carbocycles. The Labute approximate surface area is 132 Å². The zero-order chi connectivity index (χ0) is 15.1. The van der Waals surface area contributed by atoms with Crippen molar-refractivity contribution in [1.82, 2.24) is 9.55 Å². The summed E-state index contributed by atoms with van der Waals surface area (Å²) in [7, 11) is 2.07. The summed E-state index contributed by atoms with van der Waals surface area (Å²) in [5, 5.41) is 1.26. The highest BCUT2D eigenvalue weighted by atomic mass is 32.1. The van der Waals surface area contributed by atoms with Gasteiger partial charge in [-0.25, -0.2) is 0 Å². The maximum atomic E-state index is 5.82. The number of aromatic nitrogens is 2. The molecule has 0 atom stereocenters. The van der Waals surface area contributed by atoms with E-state index in [-0.39, 0.29) is 0 Å². The van der Waals surface area contributed by atoms with E-state index in [1.54, 1.807) is 17.5 Å². The number of benzene rings is 1. The number of rotatable bonds is 2. The van der Waals surface area contributed by atoms with Crippen LogP contribution in [0.5, 0.6) is 0 Å². The highest BCUT2D eigenvalue weighted by Crippen LogP contribution is 2.35. The van der Waals surface area contributed by atoms with E-state index in [1.807, 2.05) is 12.3 Å². The summed E-state index contributed by atoms with van der Waals surface area (Å²) in [6.45, 7) is 0. The smallest absolute Gasteiger partial charge is 0.0507 e. The number of anilines is 1. The Hall–Kier alpha value is -2.59. The summed E-state index contributed by atoms with van der Waals surface area (Å²) in [4.78, 5) is 6.60. The third-order valence-corrected chi connectivity index (χ3v) is 5.00. The van der Waals surface area contributed by atoms with Gasteiger partial charge in [-0.15, -0.1) is 11.3 Å². The van der Waals surface area contributed by atoms with E-state index >= 15 is 0 Å². The number of pyridine rings is 1. The lowest BCUT2D eigenvalue weighted by molar-refractivity contribution is 0.969. The zero-order valence-corrected chi connectivity index (χ0v) is 13.0. The van der Waals surface area contributed by atoms with Crippen LogP contribution in [0.3, 0.4) is 0 Å². The Bertz CT molecular complexity index is 965. The van der Waals surface area contributed by atoms with Crippen molar-refractivity contribution in [2.75, 3.05) is 5.73 Å². The molecule has 2 N–H and O–H groups in total. The maximum Gasteiger partial charge on any atom is 0.0507 e. The van der Waals surface area contributed by atoms with Gasteiger partial charge in [-0.05, 0) is 42.0 Å². The van der Waals surface area contributed by atoms with Crippen molar-refractivity contribution in [1.29, 1.82) is 0 Å². The maximum absolute atomic E-state index is 5.82. The minimum Gasteiger partial charge on any atom is -0.397 e. The Morgan fingerprint density at radius 3 is 2.59 bits per heavy atom. The molecule has 0 fully saturated rings. The Balaban J connectivity index is 1.76. The zero-order valence-electron chi connectivity index (χ0n) is 12.2. The molecule has 0 aliphatic heterocycles. The van der Waals surface area contributed by atoms with E-state index in [9.17, 15) is 0 Å². The second kappa shape index (κ2) is 5.00. The van der Waals surface area contributed by atoms with Crippen molar-refractivity contribution in [2.45, 2.75) is 0 Å². The molecular weight excluding hydrogens is 290 g/mol. The van der Waals surface area contributed by atoms with Gasteiger partial charge < -0.3 is 10.3 Å². The molecule has 0 aliphatic rings. The van der Waals surface area contributed by atoms with Crippen LogP contribution in [-0.4, -0.2) is 9.55 Å². The molecule has 3 aromatic heterocycles. The highest BCUT2D eigenvalue weighted by molar-refractivity contribution is 7.18. The number of aryl methyl sites for hydroxylation is 1. The van der Waals surface area contributed by atoms with E-state index in [1.165, 1.54) is 26.2 Å². The molecule has 0 spiro atoms. The van der Waals surface area contributed by atoms with Gasteiger partial charge in [-0.2, -0.15) is 0 Å². The van der Waals surface area contributed by atoms with E-state index in [4.69, 9.17) is 5.73 Å². The third kappa shape index (κ3) is 2.18. The standard InChI is InChI=1S/C18H15N3S/c1-21-7-6-12-8-13(2-3-16(12)21)17-4-5-18(22-17)14-9-15(19)11-20-10-14/h2-11H,19H2,1H3. The van der Waals surface area contributed by atoms with Gasteiger partial charge >= 0.3 is 0 Å². The van der Waals surface area contributed by atoms with Gasteiger partial charge in [-0.1, -0.05) is 6.07 Å². The number of nitrogens with two attached hydrogens (primary N) is 1. The van der Waals surface area contributed by atoms with Gasteiger partial charge in [0.1, 0.15) is 0 Å². The Morgan fingerprint density at radius 1 is 0.955 bits per heavy atom. The number of hydrogen-bond donors (Lipinski definition) is 1.